The van der Waals surface area contributed by atoms with Crippen molar-refractivity contribution in [3.8, 4) is 0 Å². The molecule has 0 heterocycles. The Morgan fingerprint density at radius 1 is 1.43 bits per heavy atom. The molecule has 0 spiro atoms. The van der Waals surface area contributed by atoms with Crippen molar-refractivity contribution in [1.29, 1.82) is 0 Å². The van der Waals surface area contributed by atoms with Gasteiger partial charge in [-0.3, -0.25) is 0 Å². The smallest absolute Gasteiger partial charge is 0.0578 e. The van der Waals surface area contributed by atoms with E-state index < -0.39 is 0 Å². The zero-order valence-electron chi connectivity index (χ0n) is 9.75. The summed E-state index contributed by atoms with van der Waals surface area (Å²) in [4.78, 5) is 0. The maximum atomic E-state index is 8.65. The molecule has 84 valence electrons. The summed E-state index contributed by atoms with van der Waals surface area (Å²) in [6.07, 6.45) is 4.83. The second kappa shape index (κ2) is 5.13. The van der Waals surface area contributed by atoms with E-state index in [0.717, 1.165) is 12.3 Å². The highest BCUT2D eigenvalue weighted by Gasteiger charge is 2.33. The molecule has 0 radical (unpaired) electrons. The van der Waals surface area contributed by atoms with Crippen LogP contribution in [0.4, 0.5) is 0 Å². The summed E-state index contributed by atoms with van der Waals surface area (Å²) in [5.41, 5.74) is 0.483. The van der Waals surface area contributed by atoms with Gasteiger partial charge in [-0.05, 0) is 37.0 Å². The van der Waals surface area contributed by atoms with Crippen LogP contribution >= 0.6 is 0 Å². The number of aliphatic hydroxyl groups is 1. The molecule has 14 heavy (non-hydrogen) atoms. The first-order chi connectivity index (χ1) is 6.56. The molecule has 2 atom stereocenters. The van der Waals surface area contributed by atoms with Crippen LogP contribution in [-0.2, 0) is 4.74 Å². The van der Waals surface area contributed by atoms with Crippen molar-refractivity contribution in [3.63, 3.8) is 0 Å². The fourth-order valence-electron chi connectivity index (χ4n) is 2.08. The summed E-state index contributed by atoms with van der Waals surface area (Å²) in [6, 6.07) is 0. The average Bonchev–Trinajstić information content (AvgIpc) is 2.12. The second-order valence-corrected chi connectivity index (χ2v) is 5.23. The molecule has 0 aromatic carbocycles. The first-order valence-electron chi connectivity index (χ1n) is 5.78. The summed E-state index contributed by atoms with van der Waals surface area (Å²) in [6.45, 7) is 7.98. The zero-order valence-corrected chi connectivity index (χ0v) is 9.75. The van der Waals surface area contributed by atoms with Gasteiger partial charge in [0.1, 0.15) is 0 Å². The predicted molar refractivity (Wildman–Crippen MR) is 58.2 cm³/mol. The van der Waals surface area contributed by atoms with Gasteiger partial charge < -0.3 is 9.84 Å². The third-order valence-corrected chi connectivity index (χ3v) is 3.72. The fraction of sp³-hybridized carbons (Fsp3) is 1.00. The van der Waals surface area contributed by atoms with E-state index in [1.807, 2.05) is 0 Å². The Hall–Kier alpha value is -0.0800. The van der Waals surface area contributed by atoms with E-state index in [1.165, 1.54) is 19.3 Å². The molecule has 0 aromatic rings. The molecule has 1 rings (SSSR count). The van der Waals surface area contributed by atoms with Gasteiger partial charge in [-0.25, -0.2) is 0 Å². The van der Waals surface area contributed by atoms with E-state index in [1.54, 1.807) is 0 Å². The largest absolute Gasteiger partial charge is 0.396 e. The van der Waals surface area contributed by atoms with Crippen molar-refractivity contribution < 1.29 is 9.84 Å². The minimum Gasteiger partial charge on any atom is -0.396 e. The van der Waals surface area contributed by atoms with Gasteiger partial charge in [0.2, 0.25) is 0 Å². The molecule has 0 aromatic heterocycles. The molecule has 1 N–H and O–H groups in total. The van der Waals surface area contributed by atoms with Crippen LogP contribution < -0.4 is 0 Å². The molecule has 0 saturated heterocycles. The molecule has 0 amide bonds. The maximum Gasteiger partial charge on any atom is 0.0578 e. The molecule has 0 bridgehead atoms. The van der Waals surface area contributed by atoms with Gasteiger partial charge >= 0.3 is 0 Å². The molecule has 2 heteroatoms. The Balaban J connectivity index is 2.25. The molecule has 1 fully saturated rings. The molecular weight excluding hydrogens is 176 g/mol. The van der Waals surface area contributed by atoms with Crippen molar-refractivity contribution in [2.24, 2.45) is 11.3 Å². The SMILES string of the molecule is C[C@H]1CC(OCCCO)CCC1(C)C. The van der Waals surface area contributed by atoms with E-state index in [-0.39, 0.29) is 6.61 Å². The first-order valence-corrected chi connectivity index (χ1v) is 5.78. The molecule has 1 aliphatic rings. The Bertz CT molecular complexity index is 166. The minimum absolute atomic E-state index is 0.244. The topological polar surface area (TPSA) is 29.5 Å². The number of ether oxygens (including phenoxy) is 1. The van der Waals surface area contributed by atoms with Crippen LogP contribution in [0.2, 0.25) is 0 Å². The minimum atomic E-state index is 0.244. The van der Waals surface area contributed by atoms with Crippen LogP contribution in [-0.4, -0.2) is 24.4 Å². The summed E-state index contributed by atoms with van der Waals surface area (Å²) >= 11 is 0. The summed E-state index contributed by atoms with van der Waals surface area (Å²) < 4.78 is 5.73. The Morgan fingerprint density at radius 3 is 2.71 bits per heavy atom. The van der Waals surface area contributed by atoms with Crippen LogP contribution in [0, 0.1) is 11.3 Å². The summed E-state index contributed by atoms with van der Waals surface area (Å²) in [5, 5.41) is 8.65. The van der Waals surface area contributed by atoms with Gasteiger partial charge in [-0.2, -0.15) is 0 Å². The van der Waals surface area contributed by atoms with E-state index in [9.17, 15) is 0 Å². The van der Waals surface area contributed by atoms with Crippen LogP contribution in [0.25, 0.3) is 0 Å². The lowest BCUT2D eigenvalue weighted by Gasteiger charge is -2.40. The van der Waals surface area contributed by atoms with Gasteiger partial charge in [-0.15, -0.1) is 0 Å². The maximum absolute atomic E-state index is 8.65. The molecule has 1 saturated carbocycles. The summed E-state index contributed by atoms with van der Waals surface area (Å²) in [7, 11) is 0. The van der Waals surface area contributed by atoms with E-state index in [4.69, 9.17) is 9.84 Å². The van der Waals surface area contributed by atoms with Crippen molar-refractivity contribution in [2.75, 3.05) is 13.2 Å². The highest BCUT2D eigenvalue weighted by molar-refractivity contribution is 4.84. The Labute approximate surface area is 87.7 Å². The molecule has 1 aliphatic carbocycles. The van der Waals surface area contributed by atoms with Crippen LogP contribution in [0.1, 0.15) is 46.5 Å². The quantitative estimate of drug-likeness (QED) is 0.707. The van der Waals surface area contributed by atoms with Gasteiger partial charge in [0.25, 0.3) is 0 Å². The highest BCUT2D eigenvalue weighted by Crippen LogP contribution is 2.41. The van der Waals surface area contributed by atoms with Crippen molar-refractivity contribution in [3.05, 3.63) is 0 Å². The number of rotatable bonds is 4. The third-order valence-electron chi connectivity index (χ3n) is 3.72. The molecule has 1 unspecified atom stereocenters. The normalized spacial score (nSPS) is 31.7. The second-order valence-electron chi connectivity index (χ2n) is 5.23. The van der Waals surface area contributed by atoms with Gasteiger partial charge in [0, 0.05) is 13.2 Å². The van der Waals surface area contributed by atoms with Gasteiger partial charge in [0.05, 0.1) is 6.10 Å². The van der Waals surface area contributed by atoms with E-state index in [0.29, 0.717) is 18.1 Å². The Morgan fingerprint density at radius 2 is 2.14 bits per heavy atom. The highest BCUT2D eigenvalue weighted by atomic mass is 16.5. The predicted octanol–water partition coefficient (Wildman–Crippen LogP) is 2.60. The third kappa shape index (κ3) is 3.25. The number of aliphatic hydroxyl groups excluding tert-OH is 1. The van der Waals surface area contributed by atoms with Gasteiger partial charge in [-0.1, -0.05) is 20.8 Å². The van der Waals surface area contributed by atoms with Crippen molar-refractivity contribution in [1.82, 2.24) is 0 Å². The zero-order chi connectivity index (χ0) is 10.6. The first kappa shape index (κ1) is 12.0. The molecular formula is C12H24O2. The Kier molecular flexibility index (Phi) is 4.39. The number of hydrogen-bond donors (Lipinski definition) is 1. The van der Waals surface area contributed by atoms with Crippen molar-refractivity contribution >= 4 is 0 Å². The van der Waals surface area contributed by atoms with Crippen molar-refractivity contribution in [2.45, 2.75) is 52.6 Å². The lowest BCUT2D eigenvalue weighted by atomic mass is 9.69. The summed E-state index contributed by atoms with van der Waals surface area (Å²) in [5.74, 6) is 0.746. The van der Waals surface area contributed by atoms with E-state index in [2.05, 4.69) is 20.8 Å². The van der Waals surface area contributed by atoms with Gasteiger partial charge in [0.15, 0.2) is 0 Å². The molecule has 2 nitrogen and oxygen atoms in total. The number of hydrogen-bond acceptors (Lipinski definition) is 2. The monoisotopic (exact) mass is 200 g/mol. The van der Waals surface area contributed by atoms with Crippen LogP contribution in [0.5, 0.6) is 0 Å². The average molecular weight is 200 g/mol. The lowest BCUT2D eigenvalue weighted by Crippen LogP contribution is -2.33. The fourth-order valence-corrected chi connectivity index (χ4v) is 2.08. The van der Waals surface area contributed by atoms with Crippen LogP contribution in [0.15, 0.2) is 0 Å². The van der Waals surface area contributed by atoms with E-state index >= 15 is 0 Å². The lowest BCUT2D eigenvalue weighted by molar-refractivity contribution is -0.0243. The molecule has 0 aliphatic heterocycles. The van der Waals surface area contributed by atoms with Crippen LogP contribution in [0.3, 0.4) is 0 Å². The standard InChI is InChI=1S/C12H24O2/c1-10-9-11(14-8-4-7-13)5-6-12(10,2)3/h10-11,13H,4-9H2,1-3H3/t10-,11?/m0/s1.